The Bertz CT molecular complexity index is 327. The van der Waals surface area contributed by atoms with Crippen LogP contribution in [-0.4, -0.2) is 41.5 Å². The van der Waals surface area contributed by atoms with Crippen LogP contribution in [-0.2, 0) is 4.79 Å². The lowest BCUT2D eigenvalue weighted by Crippen LogP contribution is -2.33. The van der Waals surface area contributed by atoms with Gasteiger partial charge in [0.25, 0.3) is 0 Å². The van der Waals surface area contributed by atoms with Gasteiger partial charge in [0.15, 0.2) is 5.13 Å². The van der Waals surface area contributed by atoms with Gasteiger partial charge >= 0.3 is 0 Å². The normalized spacial score (nSPS) is 21.8. The number of anilines is 1. The molecule has 15 heavy (non-hydrogen) atoms. The predicted octanol–water partition coefficient (Wildman–Crippen LogP) is 0.115. The van der Waals surface area contributed by atoms with E-state index in [1.165, 1.54) is 11.3 Å². The number of carbonyl (C=O) groups excluding carboxylic acids is 1. The molecule has 1 saturated heterocycles. The third-order valence-corrected chi connectivity index (χ3v) is 3.04. The van der Waals surface area contributed by atoms with Gasteiger partial charge in [-0.2, -0.15) is 0 Å². The number of amides is 1. The average molecular weight is 226 g/mol. The standard InChI is InChI=1S/C9H14N4OS/c10-7-1-3-13(5-7)6-8(14)12-9-11-2-4-15-9/h2,4,7H,1,3,5-6,10H2,(H,11,12,14). The fraction of sp³-hybridized carbons (Fsp3) is 0.556. The lowest BCUT2D eigenvalue weighted by Gasteiger charge is -2.13. The zero-order chi connectivity index (χ0) is 10.7. The number of aromatic nitrogens is 1. The summed E-state index contributed by atoms with van der Waals surface area (Å²) >= 11 is 1.42. The second kappa shape index (κ2) is 4.69. The molecule has 82 valence electrons. The molecule has 6 heteroatoms. The molecular weight excluding hydrogens is 212 g/mol. The second-order valence-corrected chi connectivity index (χ2v) is 4.56. The molecule has 0 aliphatic carbocycles. The van der Waals surface area contributed by atoms with E-state index in [9.17, 15) is 4.79 Å². The maximum Gasteiger partial charge on any atom is 0.240 e. The van der Waals surface area contributed by atoms with Crippen LogP contribution in [0.3, 0.4) is 0 Å². The molecule has 5 nitrogen and oxygen atoms in total. The van der Waals surface area contributed by atoms with Gasteiger partial charge in [-0.3, -0.25) is 9.69 Å². The van der Waals surface area contributed by atoms with Gasteiger partial charge in [0.05, 0.1) is 6.54 Å². The summed E-state index contributed by atoms with van der Waals surface area (Å²) in [4.78, 5) is 17.6. The smallest absolute Gasteiger partial charge is 0.240 e. The summed E-state index contributed by atoms with van der Waals surface area (Å²) < 4.78 is 0. The highest BCUT2D eigenvalue weighted by Crippen LogP contribution is 2.11. The lowest BCUT2D eigenvalue weighted by atomic mass is 10.3. The maximum absolute atomic E-state index is 11.5. The Kier molecular flexibility index (Phi) is 3.30. The zero-order valence-corrected chi connectivity index (χ0v) is 9.17. The number of nitrogens with one attached hydrogen (secondary N) is 1. The number of hydrogen-bond donors (Lipinski definition) is 2. The van der Waals surface area contributed by atoms with Crippen molar-refractivity contribution in [2.75, 3.05) is 25.0 Å². The molecule has 1 fully saturated rings. The number of thiazole rings is 1. The molecule has 3 N–H and O–H groups in total. The molecular formula is C9H14N4OS. The van der Waals surface area contributed by atoms with Crippen LogP contribution in [0.2, 0.25) is 0 Å². The van der Waals surface area contributed by atoms with Crippen molar-refractivity contribution in [2.45, 2.75) is 12.5 Å². The SMILES string of the molecule is NC1CCN(CC(=O)Nc2nccs2)C1. The molecule has 0 saturated carbocycles. The number of carbonyl (C=O) groups is 1. The monoisotopic (exact) mass is 226 g/mol. The van der Waals surface area contributed by atoms with Crippen LogP contribution in [0.4, 0.5) is 5.13 Å². The molecule has 0 radical (unpaired) electrons. The van der Waals surface area contributed by atoms with Gasteiger partial charge in [-0.05, 0) is 6.42 Å². The van der Waals surface area contributed by atoms with Crippen molar-refractivity contribution in [2.24, 2.45) is 5.73 Å². The molecule has 0 aromatic carbocycles. The molecule has 0 spiro atoms. The summed E-state index contributed by atoms with van der Waals surface area (Å²) in [7, 11) is 0. The topological polar surface area (TPSA) is 71.2 Å². The van der Waals surface area contributed by atoms with Gasteiger partial charge in [-0.1, -0.05) is 0 Å². The van der Waals surface area contributed by atoms with E-state index in [0.717, 1.165) is 19.5 Å². The van der Waals surface area contributed by atoms with Crippen molar-refractivity contribution in [3.8, 4) is 0 Å². The first-order valence-electron chi connectivity index (χ1n) is 4.91. The van der Waals surface area contributed by atoms with E-state index in [4.69, 9.17) is 5.73 Å². The Morgan fingerprint density at radius 3 is 3.27 bits per heavy atom. The van der Waals surface area contributed by atoms with E-state index in [1.807, 2.05) is 5.38 Å². The first-order chi connectivity index (χ1) is 7.24. The molecule has 1 aromatic heterocycles. The summed E-state index contributed by atoms with van der Waals surface area (Å²) in [5.74, 6) is -0.0148. The number of rotatable bonds is 3. The van der Waals surface area contributed by atoms with Crippen molar-refractivity contribution in [1.82, 2.24) is 9.88 Å². The van der Waals surface area contributed by atoms with E-state index in [2.05, 4.69) is 15.2 Å². The minimum absolute atomic E-state index is 0.0148. The first-order valence-corrected chi connectivity index (χ1v) is 5.79. The Morgan fingerprint density at radius 2 is 2.67 bits per heavy atom. The average Bonchev–Trinajstić information content (AvgIpc) is 2.77. The van der Waals surface area contributed by atoms with Crippen molar-refractivity contribution in [1.29, 1.82) is 0 Å². The summed E-state index contributed by atoms with van der Waals surface area (Å²) in [6.45, 7) is 2.13. The van der Waals surface area contributed by atoms with Crippen LogP contribution >= 0.6 is 11.3 Å². The Morgan fingerprint density at radius 1 is 1.80 bits per heavy atom. The van der Waals surface area contributed by atoms with Crippen molar-refractivity contribution >= 4 is 22.4 Å². The fourth-order valence-corrected chi connectivity index (χ4v) is 2.20. The lowest BCUT2D eigenvalue weighted by molar-refractivity contribution is -0.117. The van der Waals surface area contributed by atoms with Gasteiger partial charge < -0.3 is 11.1 Å². The fourth-order valence-electron chi connectivity index (χ4n) is 1.65. The van der Waals surface area contributed by atoms with Gasteiger partial charge in [0.2, 0.25) is 5.91 Å². The molecule has 1 amide bonds. The molecule has 0 bridgehead atoms. The maximum atomic E-state index is 11.5. The molecule has 1 aliphatic rings. The third kappa shape index (κ3) is 2.98. The van der Waals surface area contributed by atoms with Crippen LogP contribution in [0.15, 0.2) is 11.6 Å². The summed E-state index contributed by atoms with van der Waals surface area (Å²) in [6.07, 6.45) is 2.65. The predicted molar refractivity (Wildman–Crippen MR) is 59.8 cm³/mol. The highest BCUT2D eigenvalue weighted by atomic mass is 32.1. The Labute approximate surface area is 92.3 Å². The van der Waals surface area contributed by atoms with E-state index in [0.29, 0.717) is 11.7 Å². The Hall–Kier alpha value is -0.980. The van der Waals surface area contributed by atoms with Crippen LogP contribution in [0.5, 0.6) is 0 Å². The van der Waals surface area contributed by atoms with Crippen LogP contribution in [0.25, 0.3) is 0 Å². The third-order valence-electron chi connectivity index (χ3n) is 2.35. The van der Waals surface area contributed by atoms with E-state index in [-0.39, 0.29) is 11.9 Å². The van der Waals surface area contributed by atoms with E-state index >= 15 is 0 Å². The van der Waals surface area contributed by atoms with Gasteiger partial charge in [0.1, 0.15) is 0 Å². The zero-order valence-electron chi connectivity index (χ0n) is 8.35. The van der Waals surface area contributed by atoms with Crippen molar-refractivity contribution in [3.05, 3.63) is 11.6 Å². The summed E-state index contributed by atoms with van der Waals surface area (Å²) in [5.41, 5.74) is 5.75. The van der Waals surface area contributed by atoms with Gasteiger partial charge in [-0.15, -0.1) is 11.3 Å². The van der Waals surface area contributed by atoms with Crippen LogP contribution in [0, 0.1) is 0 Å². The second-order valence-electron chi connectivity index (χ2n) is 3.67. The first kappa shape index (κ1) is 10.5. The molecule has 1 atom stereocenters. The molecule has 1 aromatic rings. The van der Waals surface area contributed by atoms with E-state index < -0.39 is 0 Å². The minimum atomic E-state index is -0.0148. The Balaban J connectivity index is 1.78. The largest absolute Gasteiger partial charge is 0.326 e. The molecule has 2 rings (SSSR count). The van der Waals surface area contributed by atoms with Gasteiger partial charge in [-0.25, -0.2) is 4.98 Å². The molecule has 1 unspecified atom stereocenters. The van der Waals surface area contributed by atoms with E-state index in [1.54, 1.807) is 6.20 Å². The number of likely N-dealkylation sites (tertiary alicyclic amines) is 1. The quantitative estimate of drug-likeness (QED) is 0.767. The highest BCUT2D eigenvalue weighted by Gasteiger charge is 2.21. The van der Waals surface area contributed by atoms with Crippen molar-refractivity contribution in [3.63, 3.8) is 0 Å². The molecule has 2 heterocycles. The van der Waals surface area contributed by atoms with Crippen molar-refractivity contribution < 1.29 is 4.79 Å². The summed E-state index contributed by atoms with van der Waals surface area (Å²) in [5, 5.41) is 5.24. The summed E-state index contributed by atoms with van der Waals surface area (Å²) in [6, 6.07) is 0.220. The number of nitrogens with two attached hydrogens (primary N) is 1. The van der Waals surface area contributed by atoms with Crippen LogP contribution in [0.1, 0.15) is 6.42 Å². The van der Waals surface area contributed by atoms with Gasteiger partial charge in [0, 0.05) is 30.7 Å². The number of hydrogen-bond acceptors (Lipinski definition) is 5. The minimum Gasteiger partial charge on any atom is -0.326 e. The number of nitrogens with zero attached hydrogens (tertiary/aromatic N) is 2. The highest BCUT2D eigenvalue weighted by molar-refractivity contribution is 7.13. The van der Waals surface area contributed by atoms with Crippen LogP contribution < -0.4 is 11.1 Å². The molecule has 1 aliphatic heterocycles.